The molecular formula is C44H64N4O4. The molecule has 12 atom stereocenters. The van der Waals surface area contributed by atoms with Crippen molar-refractivity contribution in [1.29, 1.82) is 0 Å². The average molecular weight is 713 g/mol. The summed E-state index contributed by atoms with van der Waals surface area (Å²) < 4.78 is 10.9. The Balaban J connectivity index is 0.000000162. The number of H-pyrrole nitrogens is 2. The number of hydrogen-bond acceptors (Lipinski definition) is 6. The summed E-state index contributed by atoms with van der Waals surface area (Å²) in [6.07, 6.45) is 8.10. The molecule has 2 saturated heterocycles. The molecule has 4 N–H and O–H groups in total. The smallest absolute Gasteiger partial charge is 0.120 e. The highest BCUT2D eigenvalue weighted by molar-refractivity contribution is 5.87. The van der Waals surface area contributed by atoms with Gasteiger partial charge in [-0.1, -0.05) is 40.5 Å². The molecular weight excluding hydrogens is 649 g/mol. The molecule has 8 heteroatoms. The Morgan fingerprint density at radius 2 is 1.17 bits per heavy atom. The average Bonchev–Trinajstić information content (AvgIpc) is 3.64. The molecule has 4 aromatic rings. The number of ether oxygens (including phenoxy) is 2. The lowest BCUT2D eigenvalue weighted by atomic mass is 9.77. The van der Waals surface area contributed by atoms with Gasteiger partial charge in [-0.15, -0.1) is 0 Å². The van der Waals surface area contributed by atoms with E-state index in [0.717, 1.165) is 63.1 Å². The number of nitrogens with one attached hydrogen (secondary N) is 2. The monoisotopic (exact) mass is 712 g/mol. The van der Waals surface area contributed by atoms with E-state index in [1.54, 1.807) is 14.2 Å². The Kier molecular flexibility index (Phi) is 11.0. The fourth-order valence-electron chi connectivity index (χ4n) is 10.4. The quantitative estimate of drug-likeness (QED) is 0.146. The number of piperidine rings is 2. The van der Waals surface area contributed by atoms with Crippen LogP contribution in [0.4, 0.5) is 0 Å². The molecule has 0 aliphatic carbocycles. The number of rotatable bonds is 8. The number of methoxy groups -OCH3 is 2. The largest absolute Gasteiger partial charge is 0.497 e. The van der Waals surface area contributed by atoms with E-state index in [2.05, 4.69) is 91.6 Å². The summed E-state index contributed by atoms with van der Waals surface area (Å²) in [7, 11) is 3.44. The number of aromatic amines is 2. The maximum atomic E-state index is 11.0. The molecule has 52 heavy (non-hydrogen) atoms. The van der Waals surface area contributed by atoms with Crippen LogP contribution >= 0.6 is 0 Å². The lowest BCUT2D eigenvalue weighted by Crippen LogP contribution is -2.53. The number of aromatic nitrogens is 2. The fourth-order valence-corrected chi connectivity index (χ4v) is 10.4. The normalized spacial score (nSPS) is 32.1. The second-order valence-electron chi connectivity index (χ2n) is 16.8. The van der Waals surface area contributed by atoms with Crippen LogP contribution in [0.3, 0.4) is 0 Å². The van der Waals surface area contributed by atoms with Crippen LogP contribution in [0.1, 0.15) is 114 Å². The van der Waals surface area contributed by atoms with Gasteiger partial charge in [0.05, 0.1) is 14.2 Å². The second kappa shape index (κ2) is 15.4. The maximum absolute atomic E-state index is 11.0. The van der Waals surface area contributed by atoms with Crippen molar-refractivity contribution in [3.63, 3.8) is 0 Å². The zero-order valence-corrected chi connectivity index (χ0v) is 32.9. The van der Waals surface area contributed by atoms with E-state index in [4.69, 9.17) is 9.47 Å². The molecule has 4 aliphatic heterocycles. The van der Waals surface area contributed by atoms with Crippen LogP contribution in [0.5, 0.6) is 11.5 Å². The third-order valence-corrected chi connectivity index (χ3v) is 13.9. The summed E-state index contributed by atoms with van der Waals surface area (Å²) in [5, 5.41) is 24.6. The zero-order valence-electron chi connectivity index (χ0n) is 32.9. The minimum Gasteiger partial charge on any atom is -0.497 e. The van der Waals surface area contributed by atoms with Crippen molar-refractivity contribution in [2.45, 2.75) is 129 Å². The van der Waals surface area contributed by atoms with Crippen LogP contribution in [-0.4, -0.2) is 81.8 Å². The van der Waals surface area contributed by atoms with Gasteiger partial charge in [0.2, 0.25) is 0 Å². The number of fused-ring (bicyclic) bond motifs is 12. The lowest BCUT2D eigenvalue weighted by Gasteiger charge is -2.46. The highest BCUT2D eigenvalue weighted by Crippen LogP contribution is 2.47. The van der Waals surface area contributed by atoms with E-state index in [-0.39, 0.29) is 12.5 Å². The molecule has 2 aromatic heterocycles. The molecule has 8 nitrogen and oxygen atoms in total. The first kappa shape index (κ1) is 37.3. The van der Waals surface area contributed by atoms with Crippen molar-refractivity contribution in [3.8, 4) is 11.5 Å². The minimum atomic E-state index is -0.306. The van der Waals surface area contributed by atoms with Gasteiger partial charge in [0.1, 0.15) is 24.0 Å². The summed E-state index contributed by atoms with van der Waals surface area (Å²) >= 11 is 0. The number of aliphatic hydroxyl groups is 2. The predicted octanol–water partition coefficient (Wildman–Crippen LogP) is 8.56. The molecule has 0 radical (unpaired) electrons. The summed E-state index contributed by atoms with van der Waals surface area (Å²) in [6, 6.07) is 13.4. The molecule has 284 valence electrons. The Morgan fingerprint density at radius 1 is 0.692 bits per heavy atom. The third kappa shape index (κ3) is 6.78. The van der Waals surface area contributed by atoms with Crippen molar-refractivity contribution in [2.24, 2.45) is 23.7 Å². The van der Waals surface area contributed by atoms with Crippen LogP contribution < -0.4 is 9.47 Å². The fraction of sp³-hybridized carbons (Fsp3) is 0.636. The van der Waals surface area contributed by atoms with Gasteiger partial charge in [-0.2, -0.15) is 0 Å². The van der Waals surface area contributed by atoms with Gasteiger partial charge in [-0.3, -0.25) is 9.80 Å². The van der Waals surface area contributed by atoms with Crippen LogP contribution in [0, 0.1) is 23.7 Å². The summed E-state index contributed by atoms with van der Waals surface area (Å²) in [6.45, 7) is 15.5. The van der Waals surface area contributed by atoms with Gasteiger partial charge in [-0.05, 0) is 118 Å². The molecule has 2 fully saturated rings. The molecule has 6 heterocycles. The van der Waals surface area contributed by atoms with E-state index in [9.17, 15) is 10.2 Å². The summed E-state index contributed by atoms with van der Waals surface area (Å²) in [5.74, 6) is 4.78. The van der Waals surface area contributed by atoms with Crippen molar-refractivity contribution in [1.82, 2.24) is 19.8 Å². The number of nitrogens with zero attached hydrogens (tertiary/aromatic N) is 2. The molecule has 0 amide bonds. The number of hydrogen-bond donors (Lipinski definition) is 4. The molecule has 4 aliphatic rings. The lowest BCUT2D eigenvalue weighted by molar-refractivity contribution is -0.101. The summed E-state index contributed by atoms with van der Waals surface area (Å²) in [4.78, 5) is 12.2. The highest BCUT2D eigenvalue weighted by atomic mass is 16.5. The van der Waals surface area contributed by atoms with Gasteiger partial charge in [0.15, 0.2) is 0 Å². The second-order valence-corrected chi connectivity index (χ2v) is 16.8. The Morgan fingerprint density at radius 3 is 1.69 bits per heavy atom. The maximum Gasteiger partial charge on any atom is 0.120 e. The molecule has 12 unspecified atom stereocenters. The van der Waals surface area contributed by atoms with E-state index in [1.165, 1.54) is 57.2 Å². The Hall–Kier alpha value is -3.04. The van der Waals surface area contributed by atoms with Crippen molar-refractivity contribution in [2.75, 3.05) is 27.3 Å². The van der Waals surface area contributed by atoms with E-state index >= 15 is 0 Å². The molecule has 4 bridgehead atoms. The molecule has 2 aromatic carbocycles. The predicted molar refractivity (Wildman–Crippen MR) is 211 cm³/mol. The van der Waals surface area contributed by atoms with Crippen molar-refractivity contribution >= 4 is 21.8 Å². The molecule has 0 saturated carbocycles. The van der Waals surface area contributed by atoms with Gasteiger partial charge in [0, 0.05) is 76.3 Å². The minimum absolute atomic E-state index is 0.300. The first-order chi connectivity index (χ1) is 25.1. The van der Waals surface area contributed by atoms with Gasteiger partial charge in [0.25, 0.3) is 0 Å². The van der Waals surface area contributed by atoms with Gasteiger partial charge in [-0.25, -0.2) is 0 Å². The van der Waals surface area contributed by atoms with Crippen LogP contribution in [0.25, 0.3) is 21.8 Å². The SMILES string of the molecule is CCC(C)CC1CC2c3[nH]c4cc(OC)ccc4c3CCN(C2C)C1O.CCC(C)CC1CC2c3[nH]c4ccc(OC)cc4c3CCN(C2C)C1O. The standard InChI is InChI=1S/2C22H32N2O2/c1-5-13(2)10-15-11-18-14(3)24(22(15)25)9-8-17-19-12-16(26-4)6-7-20(19)23-21(17)18;1-5-13(2)10-15-11-19-14(3)24(22(15)25)9-8-18-17-7-6-16(26-4)12-20(17)23-21(18)19/h6-7,12-15,18,22-23,25H,5,8-11H2,1-4H3;6-7,12-15,19,22-23,25H,5,8-11H2,1-4H3. The van der Waals surface area contributed by atoms with Crippen molar-refractivity contribution in [3.05, 3.63) is 58.9 Å². The van der Waals surface area contributed by atoms with Crippen LogP contribution in [0.2, 0.25) is 0 Å². The zero-order chi connectivity index (χ0) is 36.8. The Labute approximate surface area is 311 Å². The van der Waals surface area contributed by atoms with Crippen LogP contribution in [-0.2, 0) is 12.8 Å². The number of aliphatic hydroxyl groups excluding tert-OH is 2. The topological polar surface area (TPSA) is 97.0 Å². The summed E-state index contributed by atoms with van der Waals surface area (Å²) in [5.41, 5.74) is 8.04. The molecule has 8 rings (SSSR count). The van der Waals surface area contributed by atoms with Crippen molar-refractivity contribution < 1.29 is 19.7 Å². The van der Waals surface area contributed by atoms with Gasteiger partial charge >= 0.3 is 0 Å². The first-order valence-corrected chi connectivity index (χ1v) is 20.3. The number of benzene rings is 2. The molecule has 0 spiro atoms. The van der Waals surface area contributed by atoms with E-state index in [0.29, 0.717) is 47.6 Å². The van der Waals surface area contributed by atoms with Gasteiger partial charge < -0.3 is 29.7 Å². The van der Waals surface area contributed by atoms with E-state index < -0.39 is 0 Å². The highest BCUT2D eigenvalue weighted by Gasteiger charge is 2.45. The van der Waals surface area contributed by atoms with E-state index in [1.807, 2.05) is 6.07 Å². The third-order valence-electron chi connectivity index (χ3n) is 13.9. The Bertz CT molecular complexity index is 1810. The first-order valence-electron chi connectivity index (χ1n) is 20.3. The van der Waals surface area contributed by atoms with Crippen LogP contribution in [0.15, 0.2) is 36.4 Å².